The van der Waals surface area contributed by atoms with Crippen LogP contribution in [-0.4, -0.2) is 5.11 Å². The lowest BCUT2D eigenvalue weighted by Gasteiger charge is -2.36. The average Bonchev–Trinajstić information content (AvgIpc) is 2.30. The number of allylic oxidation sites excluding steroid dienone is 2. The van der Waals surface area contributed by atoms with Gasteiger partial charge in [-0.05, 0) is 55.2 Å². The van der Waals surface area contributed by atoms with Crippen molar-refractivity contribution in [1.82, 2.24) is 0 Å². The first-order chi connectivity index (χ1) is 8.00. The molecule has 2 rings (SSSR count). The molecule has 1 aliphatic rings. The standard InChI is InChI=1S/C16H22O/c1-12-4-6-13(7-5-12)16(2,3)14-8-10-15(17)11-9-14/h4,8-11,13,17H,5-7H2,1-3H3/t13-/m0/s1. The van der Waals surface area contributed by atoms with Gasteiger partial charge in [-0.25, -0.2) is 0 Å². The zero-order valence-corrected chi connectivity index (χ0v) is 11.0. The van der Waals surface area contributed by atoms with Gasteiger partial charge in [0.25, 0.3) is 0 Å². The van der Waals surface area contributed by atoms with Crippen molar-refractivity contribution in [3.05, 3.63) is 41.5 Å². The lowest BCUT2D eigenvalue weighted by atomic mass is 9.68. The highest BCUT2D eigenvalue weighted by atomic mass is 16.3. The summed E-state index contributed by atoms with van der Waals surface area (Å²) in [5, 5.41) is 9.36. The second-order valence-corrected chi connectivity index (χ2v) is 5.79. The zero-order valence-electron chi connectivity index (χ0n) is 11.0. The summed E-state index contributed by atoms with van der Waals surface area (Å²) < 4.78 is 0. The van der Waals surface area contributed by atoms with E-state index < -0.39 is 0 Å². The minimum atomic E-state index is 0.185. The Hall–Kier alpha value is -1.24. The molecule has 0 aliphatic heterocycles. The molecule has 0 spiro atoms. The fourth-order valence-corrected chi connectivity index (χ4v) is 2.75. The molecule has 0 heterocycles. The van der Waals surface area contributed by atoms with Crippen LogP contribution >= 0.6 is 0 Å². The van der Waals surface area contributed by atoms with Crippen molar-refractivity contribution in [2.24, 2.45) is 5.92 Å². The van der Waals surface area contributed by atoms with Crippen LogP contribution in [0.1, 0.15) is 45.6 Å². The molecule has 1 atom stereocenters. The van der Waals surface area contributed by atoms with E-state index in [1.807, 2.05) is 0 Å². The number of hydrogen-bond acceptors (Lipinski definition) is 1. The molecule has 1 nitrogen and oxygen atoms in total. The molecule has 0 amide bonds. The summed E-state index contributed by atoms with van der Waals surface area (Å²) >= 11 is 0. The Morgan fingerprint density at radius 2 is 1.82 bits per heavy atom. The number of hydrogen-bond donors (Lipinski definition) is 1. The zero-order chi connectivity index (χ0) is 12.5. The number of aromatic hydroxyl groups is 1. The predicted octanol–water partition coefficient (Wildman–Crippen LogP) is 4.42. The first kappa shape index (κ1) is 12.2. The van der Waals surface area contributed by atoms with Gasteiger partial charge in [-0.2, -0.15) is 0 Å². The smallest absolute Gasteiger partial charge is 0.115 e. The molecule has 92 valence electrons. The molecular weight excluding hydrogens is 208 g/mol. The molecule has 0 aromatic heterocycles. The van der Waals surface area contributed by atoms with Crippen LogP contribution in [0.2, 0.25) is 0 Å². The summed E-state index contributed by atoms with van der Waals surface area (Å²) in [5.41, 5.74) is 3.04. The van der Waals surface area contributed by atoms with Gasteiger partial charge >= 0.3 is 0 Å². The maximum atomic E-state index is 9.36. The van der Waals surface area contributed by atoms with Gasteiger partial charge in [-0.3, -0.25) is 0 Å². The summed E-state index contributed by atoms with van der Waals surface area (Å²) in [5.74, 6) is 1.06. The molecule has 0 radical (unpaired) electrons. The van der Waals surface area contributed by atoms with Crippen molar-refractivity contribution < 1.29 is 5.11 Å². The maximum Gasteiger partial charge on any atom is 0.115 e. The van der Waals surface area contributed by atoms with E-state index in [1.165, 1.54) is 30.4 Å². The highest BCUT2D eigenvalue weighted by Crippen LogP contribution is 2.40. The molecule has 0 unspecified atom stereocenters. The second-order valence-electron chi connectivity index (χ2n) is 5.79. The third-order valence-corrected chi connectivity index (χ3v) is 4.27. The first-order valence-electron chi connectivity index (χ1n) is 6.45. The normalized spacial score (nSPS) is 21.1. The van der Waals surface area contributed by atoms with Gasteiger partial charge in [0.05, 0.1) is 0 Å². The minimum absolute atomic E-state index is 0.185. The van der Waals surface area contributed by atoms with Gasteiger partial charge in [0.1, 0.15) is 5.75 Å². The Morgan fingerprint density at radius 3 is 2.35 bits per heavy atom. The Kier molecular flexibility index (Phi) is 3.28. The van der Waals surface area contributed by atoms with E-state index >= 15 is 0 Å². The summed E-state index contributed by atoms with van der Waals surface area (Å²) in [6.07, 6.45) is 6.07. The van der Waals surface area contributed by atoms with Crippen molar-refractivity contribution in [3.8, 4) is 5.75 Å². The average molecular weight is 230 g/mol. The van der Waals surface area contributed by atoms with Crippen LogP contribution in [0.25, 0.3) is 0 Å². The van der Waals surface area contributed by atoms with Crippen LogP contribution in [0.4, 0.5) is 0 Å². The van der Waals surface area contributed by atoms with Gasteiger partial charge in [0.2, 0.25) is 0 Å². The Bertz CT molecular complexity index is 412. The van der Waals surface area contributed by atoms with Crippen molar-refractivity contribution in [1.29, 1.82) is 0 Å². The van der Waals surface area contributed by atoms with E-state index in [9.17, 15) is 5.11 Å². The molecule has 1 aromatic rings. The Balaban J connectivity index is 2.21. The van der Waals surface area contributed by atoms with Gasteiger partial charge in [0, 0.05) is 0 Å². The SMILES string of the molecule is CC1=CC[C@H](C(C)(C)c2ccc(O)cc2)CC1. The second kappa shape index (κ2) is 4.56. The summed E-state index contributed by atoms with van der Waals surface area (Å²) in [6, 6.07) is 7.70. The highest BCUT2D eigenvalue weighted by molar-refractivity contribution is 5.31. The summed E-state index contributed by atoms with van der Waals surface area (Å²) in [6.45, 7) is 6.86. The monoisotopic (exact) mass is 230 g/mol. The van der Waals surface area contributed by atoms with Crippen molar-refractivity contribution >= 4 is 0 Å². The van der Waals surface area contributed by atoms with Crippen molar-refractivity contribution in [2.45, 2.75) is 45.4 Å². The van der Waals surface area contributed by atoms with E-state index in [0.717, 1.165) is 0 Å². The molecule has 0 bridgehead atoms. The van der Waals surface area contributed by atoms with E-state index in [-0.39, 0.29) is 5.41 Å². The predicted molar refractivity (Wildman–Crippen MR) is 72.2 cm³/mol. The van der Waals surface area contributed by atoms with Gasteiger partial charge in [-0.15, -0.1) is 0 Å². The lowest BCUT2D eigenvalue weighted by molar-refractivity contribution is 0.291. The molecule has 1 aromatic carbocycles. The summed E-state index contributed by atoms with van der Waals surface area (Å²) in [4.78, 5) is 0. The number of benzene rings is 1. The molecule has 1 N–H and O–H groups in total. The molecular formula is C16H22O. The van der Waals surface area contributed by atoms with E-state index in [0.29, 0.717) is 11.7 Å². The molecule has 17 heavy (non-hydrogen) atoms. The van der Waals surface area contributed by atoms with E-state index in [2.05, 4.69) is 39.0 Å². The highest BCUT2D eigenvalue weighted by Gasteiger charge is 2.31. The lowest BCUT2D eigenvalue weighted by Crippen LogP contribution is -2.29. The Morgan fingerprint density at radius 1 is 1.18 bits per heavy atom. The van der Waals surface area contributed by atoms with Crippen LogP contribution in [0.15, 0.2) is 35.9 Å². The fraction of sp³-hybridized carbons (Fsp3) is 0.500. The molecule has 0 fully saturated rings. The Labute approximate surface area is 104 Å². The molecule has 0 saturated carbocycles. The molecule has 1 aliphatic carbocycles. The largest absolute Gasteiger partial charge is 0.508 e. The van der Waals surface area contributed by atoms with Crippen LogP contribution in [0.3, 0.4) is 0 Å². The topological polar surface area (TPSA) is 20.2 Å². The fourth-order valence-electron chi connectivity index (χ4n) is 2.75. The number of phenolic OH excluding ortho intramolecular Hbond substituents is 1. The quantitative estimate of drug-likeness (QED) is 0.746. The molecule has 0 saturated heterocycles. The van der Waals surface area contributed by atoms with Gasteiger partial charge in [0.15, 0.2) is 0 Å². The van der Waals surface area contributed by atoms with Crippen LogP contribution < -0.4 is 0 Å². The number of phenols is 1. The third-order valence-electron chi connectivity index (χ3n) is 4.27. The van der Waals surface area contributed by atoms with Gasteiger partial charge in [-0.1, -0.05) is 37.6 Å². The number of rotatable bonds is 2. The van der Waals surface area contributed by atoms with Gasteiger partial charge < -0.3 is 5.11 Å². The van der Waals surface area contributed by atoms with Crippen LogP contribution in [0.5, 0.6) is 5.75 Å². The van der Waals surface area contributed by atoms with Crippen molar-refractivity contribution in [2.75, 3.05) is 0 Å². The van der Waals surface area contributed by atoms with Crippen LogP contribution in [-0.2, 0) is 5.41 Å². The maximum absolute atomic E-state index is 9.36. The van der Waals surface area contributed by atoms with E-state index in [4.69, 9.17) is 0 Å². The first-order valence-corrected chi connectivity index (χ1v) is 6.45. The third kappa shape index (κ3) is 2.54. The molecule has 1 heteroatoms. The van der Waals surface area contributed by atoms with Crippen molar-refractivity contribution in [3.63, 3.8) is 0 Å². The van der Waals surface area contributed by atoms with E-state index in [1.54, 1.807) is 12.1 Å². The minimum Gasteiger partial charge on any atom is -0.508 e. The summed E-state index contributed by atoms with van der Waals surface area (Å²) in [7, 11) is 0. The van der Waals surface area contributed by atoms with Crippen LogP contribution in [0, 0.1) is 5.92 Å².